The molecule has 0 unspecified atom stereocenters. The zero-order valence-corrected chi connectivity index (χ0v) is 13.7. The molecule has 0 radical (unpaired) electrons. The Balaban J connectivity index is 2.17. The summed E-state index contributed by atoms with van der Waals surface area (Å²) in [7, 11) is 1.21. The molecule has 0 bridgehead atoms. The van der Waals surface area contributed by atoms with E-state index in [1.54, 1.807) is 54.6 Å². The number of rotatable bonds is 6. The van der Waals surface area contributed by atoms with Crippen molar-refractivity contribution in [2.24, 2.45) is 0 Å². The number of aliphatic hydroxyl groups is 1. The molecule has 0 fully saturated rings. The molecule has 0 aliphatic heterocycles. The standard InChI is InChI=1S/C19H18N2O4/c1-25-19(24)16(11-14-9-5-6-10-15(14)12-20)21-18(23)17(22)13-7-3-2-4-8-13/h2-10,16-17,22H,11H2,1H3,(H,21,23)/t16-,17+/m1/s1. The molecule has 25 heavy (non-hydrogen) atoms. The van der Waals surface area contributed by atoms with Gasteiger partial charge in [0, 0.05) is 6.42 Å². The number of benzene rings is 2. The van der Waals surface area contributed by atoms with Crippen LogP contribution >= 0.6 is 0 Å². The van der Waals surface area contributed by atoms with E-state index in [1.165, 1.54) is 7.11 Å². The first kappa shape index (κ1) is 18.2. The average Bonchev–Trinajstić information content (AvgIpc) is 2.67. The molecule has 2 atom stereocenters. The van der Waals surface area contributed by atoms with Gasteiger partial charge in [0.15, 0.2) is 6.10 Å². The third-order valence-electron chi connectivity index (χ3n) is 3.73. The molecular weight excluding hydrogens is 320 g/mol. The molecule has 0 saturated carbocycles. The van der Waals surface area contributed by atoms with Gasteiger partial charge in [-0.3, -0.25) is 4.79 Å². The quantitative estimate of drug-likeness (QED) is 0.778. The third kappa shape index (κ3) is 4.66. The monoisotopic (exact) mass is 338 g/mol. The van der Waals surface area contributed by atoms with Crippen molar-refractivity contribution in [2.75, 3.05) is 7.11 Å². The van der Waals surface area contributed by atoms with Crippen molar-refractivity contribution >= 4 is 11.9 Å². The number of methoxy groups -OCH3 is 1. The second-order valence-corrected chi connectivity index (χ2v) is 5.37. The molecule has 6 heteroatoms. The van der Waals surface area contributed by atoms with E-state index in [0.29, 0.717) is 16.7 Å². The third-order valence-corrected chi connectivity index (χ3v) is 3.73. The topological polar surface area (TPSA) is 99.4 Å². The lowest BCUT2D eigenvalue weighted by molar-refractivity contribution is -0.146. The molecule has 1 amide bonds. The maximum atomic E-state index is 12.3. The van der Waals surface area contributed by atoms with Gasteiger partial charge in [0.1, 0.15) is 6.04 Å². The maximum Gasteiger partial charge on any atom is 0.328 e. The summed E-state index contributed by atoms with van der Waals surface area (Å²) >= 11 is 0. The highest BCUT2D eigenvalue weighted by atomic mass is 16.5. The van der Waals surface area contributed by atoms with Gasteiger partial charge >= 0.3 is 5.97 Å². The number of hydrogen-bond donors (Lipinski definition) is 2. The minimum absolute atomic E-state index is 0.0870. The van der Waals surface area contributed by atoms with E-state index in [1.807, 2.05) is 6.07 Å². The SMILES string of the molecule is COC(=O)[C@@H](Cc1ccccc1C#N)NC(=O)[C@@H](O)c1ccccc1. The van der Waals surface area contributed by atoms with Gasteiger partial charge in [-0.25, -0.2) is 4.79 Å². The number of amides is 1. The minimum atomic E-state index is -1.40. The van der Waals surface area contributed by atoms with Crippen molar-refractivity contribution in [1.29, 1.82) is 5.26 Å². The van der Waals surface area contributed by atoms with Crippen molar-refractivity contribution in [3.63, 3.8) is 0 Å². The summed E-state index contributed by atoms with van der Waals surface area (Å²) < 4.78 is 4.73. The van der Waals surface area contributed by atoms with E-state index in [2.05, 4.69) is 5.32 Å². The van der Waals surface area contributed by atoms with E-state index < -0.39 is 24.0 Å². The van der Waals surface area contributed by atoms with Crippen molar-refractivity contribution in [3.05, 3.63) is 71.3 Å². The Hall–Kier alpha value is -3.17. The first-order valence-corrected chi connectivity index (χ1v) is 7.66. The Morgan fingerprint density at radius 1 is 1.16 bits per heavy atom. The Labute approximate surface area is 145 Å². The summed E-state index contributed by atoms with van der Waals surface area (Å²) in [6.07, 6.45) is -1.32. The summed E-state index contributed by atoms with van der Waals surface area (Å²) in [6.45, 7) is 0. The number of carbonyl (C=O) groups excluding carboxylic acids is 2. The number of hydrogen-bond acceptors (Lipinski definition) is 5. The van der Waals surface area contributed by atoms with Crippen LogP contribution in [0.4, 0.5) is 0 Å². The summed E-state index contributed by atoms with van der Waals surface area (Å²) in [5.41, 5.74) is 1.44. The van der Waals surface area contributed by atoms with Crippen LogP contribution in [0.15, 0.2) is 54.6 Å². The van der Waals surface area contributed by atoms with Gasteiger partial charge in [0.25, 0.3) is 5.91 Å². The van der Waals surface area contributed by atoms with Gasteiger partial charge in [-0.05, 0) is 17.2 Å². The van der Waals surface area contributed by atoms with E-state index in [-0.39, 0.29) is 6.42 Å². The highest BCUT2D eigenvalue weighted by Gasteiger charge is 2.26. The van der Waals surface area contributed by atoms with Crippen LogP contribution in [0.2, 0.25) is 0 Å². The van der Waals surface area contributed by atoms with Crippen LogP contribution in [0.5, 0.6) is 0 Å². The second kappa shape index (κ2) is 8.62. The molecule has 0 aromatic heterocycles. The lowest BCUT2D eigenvalue weighted by atomic mass is 10.0. The molecule has 2 aromatic rings. The van der Waals surface area contributed by atoms with Crippen molar-refractivity contribution in [3.8, 4) is 6.07 Å². The number of nitrogens with zero attached hydrogens (tertiary/aromatic N) is 1. The number of ether oxygens (including phenoxy) is 1. The molecule has 6 nitrogen and oxygen atoms in total. The Bertz CT molecular complexity index is 784. The molecule has 2 rings (SSSR count). The van der Waals surface area contributed by atoms with E-state index in [9.17, 15) is 14.7 Å². The molecule has 2 aromatic carbocycles. The van der Waals surface area contributed by atoms with Crippen LogP contribution in [0, 0.1) is 11.3 Å². The molecule has 0 heterocycles. The summed E-state index contributed by atoms with van der Waals surface area (Å²) in [5.74, 6) is -1.36. The zero-order chi connectivity index (χ0) is 18.2. The molecule has 0 aliphatic rings. The number of aliphatic hydroxyl groups excluding tert-OH is 1. The fraction of sp³-hybridized carbons (Fsp3) is 0.211. The zero-order valence-electron chi connectivity index (χ0n) is 13.7. The van der Waals surface area contributed by atoms with Gasteiger partial charge < -0.3 is 15.2 Å². The average molecular weight is 338 g/mol. The predicted octanol–water partition coefficient (Wildman–Crippen LogP) is 1.49. The van der Waals surface area contributed by atoms with Crippen molar-refractivity contribution in [2.45, 2.75) is 18.6 Å². The first-order chi connectivity index (χ1) is 12.1. The van der Waals surface area contributed by atoms with E-state index in [4.69, 9.17) is 10.00 Å². The van der Waals surface area contributed by atoms with Crippen molar-refractivity contribution in [1.82, 2.24) is 5.32 Å². The van der Waals surface area contributed by atoms with Gasteiger partial charge in [0.05, 0.1) is 18.7 Å². The fourth-order valence-electron chi connectivity index (χ4n) is 2.40. The van der Waals surface area contributed by atoms with Crippen LogP contribution in [0.25, 0.3) is 0 Å². The number of nitrogens with one attached hydrogen (secondary N) is 1. The second-order valence-electron chi connectivity index (χ2n) is 5.37. The number of esters is 1. The molecule has 2 N–H and O–H groups in total. The smallest absolute Gasteiger partial charge is 0.328 e. The van der Waals surface area contributed by atoms with Gasteiger partial charge in [-0.15, -0.1) is 0 Å². The Morgan fingerprint density at radius 2 is 1.80 bits per heavy atom. The molecule has 0 saturated heterocycles. The molecule has 0 spiro atoms. The van der Waals surface area contributed by atoms with Crippen LogP contribution < -0.4 is 5.32 Å². The lowest BCUT2D eigenvalue weighted by Gasteiger charge is -2.19. The summed E-state index contributed by atoms with van der Waals surface area (Å²) in [5, 5.41) is 21.8. The Morgan fingerprint density at radius 3 is 2.44 bits per heavy atom. The van der Waals surface area contributed by atoms with Gasteiger partial charge in [-0.2, -0.15) is 5.26 Å². The number of nitriles is 1. The van der Waals surface area contributed by atoms with E-state index in [0.717, 1.165) is 0 Å². The van der Waals surface area contributed by atoms with Crippen LogP contribution in [-0.2, 0) is 20.7 Å². The van der Waals surface area contributed by atoms with Crippen LogP contribution in [0.1, 0.15) is 22.8 Å². The lowest BCUT2D eigenvalue weighted by Crippen LogP contribution is -2.45. The van der Waals surface area contributed by atoms with Crippen molar-refractivity contribution < 1.29 is 19.4 Å². The predicted molar refractivity (Wildman–Crippen MR) is 90.2 cm³/mol. The maximum absolute atomic E-state index is 12.3. The van der Waals surface area contributed by atoms with Crippen LogP contribution in [0.3, 0.4) is 0 Å². The summed E-state index contributed by atoms with van der Waals surface area (Å²) in [6, 6.07) is 16.2. The molecule has 0 aliphatic carbocycles. The molecular formula is C19H18N2O4. The normalized spacial score (nSPS) is 12.5. The largest absolute Gasteiger partial charge is 0.467 e. The minimum Gasteiger partial charge on any atom is -0.467 e. The highest BCUT2D eigenvalue weighted by Crippen LogP contribution is 2.14. The molecule has 128 valence electrons. The van der Waals surface area contributed by atoms with Crippen LogP contribution in [-0.4, -0.2) is 30.1 Å². The summed E-state index contributed by atoms with van der Waals surface area (Å²) in [4.78, 5) is 24.3. The number of carbonyl (C=O) groups is 2. The van der Waals surface area contributed by atoms with Gasteiger partial charge in [-0.1, -0.05) is 48.5 Å². The first-order valence-electron chi connectivity index (χ1n) is 7.66. The highest BCUT2D eigenvalue weighted by molar-refractivity contribution is 5.87. The Kier molecular flexibility index (Phi) is 6.26. The fourth-order valence-corrected chi connectivity index (χ4v) is 2.40. The van der Waals surface area contributed by atoms with E-state index >= 15 is 0 Å². The van der Waals surface area contributed by atoms with Gasteiger partial charge in [0.2, 0.25) is 0 Å².